The summed E-state index contributed by atoms with van der Waals surface area (Å²) in [6.45, 7) is 3.52. The highest BCUT2D eigenvalue weighted by Gasteiger charge is 2.20. The van der Waals surface area contributed by atoms with E-state index >= 15 is 0 Å². The number of hydrogen-bond donors (Lipinski definition) is 1. The number of ether oxygens (including phenoxy) is 1. The maximum atomic E-state index is 11.2. The molecule has 1 rings (SSSR count). The first kappa shape index (κ1) is 9.48. The summed E-state index contributed by atoms with van der Waals surface area (Å²) in [5.41, 5.74) is 2.74. The molecule has 1 N–H and O–H groups in total. The van der Waals surface area contributed by atoms with Crippen LogP contribution in [-0.4, -0.2) is 25.7 Å². The molecule has 0 spiro atoms. The Balaban J connectivity index is 2.32. The molecule has 0 aromatic rings. The van der Waals surface area contributed by atoms with Crippen LogP contribution in [0.15, 0.2) is 0 Å². The van der Waals surface area contributed by atoms with Crippen LogP contribution in [0.25, 0.3) is 0 Å². The van der Waals surface area contributed by atoms with Crippen molar-refractivity contribution in [2.24, 2.45) is 5.92 Å². The molecule has 70 valence electrons. The Bertz CT molecular complexity index is 141. The Morgan fingerprint density at radius 1 is 1.75 bits per heavy atom. The van der Waals surface area contributed by atoms with Crippen molar-refractivity contribution in [1.82, 2.24) is 5.48 Å². The highest BCUT2D eigenvalue weighted by atomic mass is 16.6. The third-order valence-corrected chi connectivity index (χ3v) is 1.85. The largest absolute Gasteiger partial charge is 0.466 e. The minimum absolute atomic E-state index is 0.0348. The fraction of sp³-hybridized carbons (Fsp3) is 0.875. The highest BCUT2D eigenvalue weighted by molar-refractivity contribution is 5.72. The number of carbonyl (C=O) groups is 1. The third-order valence-electron chi connectivity index (χ3n) is 1.85. The summed E-state index contributed by atoms with van der Waals surface area (Å²) < 4.78 is 4.90. The molecule has 1 saturated heterocycles. The van der Waals surface area contributed by atoms with Gasteiger partial charge in [0.2, 0.25) is 0 Å². The summed E-state index contributed by atoms with van der Waals surface area (Å²) in [6, 6.07) is 0. The van der Waals surface area contributed by atoms with E-state index in [9.17, 15) is 4.79 Å². The average Bonchev–Trinajstić information content (AvgIpc) is 2.32. The second kappa shape index (κ2) is 5.11. The van der Waals surface area contributed by atoms with Crippen LogP contribution in [0.5, 0.6) is 0 Å². The van der Waals surface area contributed by atoms with E-state index in [-0.39, 0.29) is 11.9 Å². The molecule has 0 radical (unpaired) electrons. The van der Waals surface area contributed by atoms with Gasteiger partial charge in [0.25, 0.3) is 0 Å². The van der Waals surface area contributed by atoms with Gasteiger partial charge >= 0.3 is 5.97 Å². The van der Waals surface area contributed by atoms with Crippen LogP contribution in [0.4, 0.5) is 0 Å². The maximum absolute atomic E-state index is 11.2. The lowest BCUT2D eigenvalue weighted by atomic mass is 10.0. The third kappa shape index (κ3) is 2.79. The van der Waals surface area contributed by atoms with Crippen LogP contribution in [-0.2, 0) is 14.4 Å². The van der Waals surface area contributed by atoms with Crippen LogP contribution < -0.4 is 5.48 Å². The lowest BCUT2D eigenvalue weighted by Crippen LogP contribution is -2.27. The monoisotopic (exact) mass is 173 g/mol. The van der Waals surface area contributed by atoms with E-state index in [1.165, 1.54) is 0 Å². The first-order valence-corrected chi connectivity index (χ1v) is 4.36. The topological polar surface area (TPSA) is 47.6 Å². The zero-order valence-corrected chi connectivity index (χ0v) is 7.34. The SMILES string of the molecule is CCOC(=O)C1CCCONC1. The fourth-order valence-electron chi connectivity index (χ4n) is 1.20. The molecule has 1 atom stereocenters. The fourth-order valence-corrected chi connectivity index (χ4v) is 1.20. The van der Waals surface area contributed by atoms with Gasteiger partial charge in [0.1, 0.15) is 0 Å². The molecule has 0 saturated carbocycles. The van der Waals surface area contributed by atoms with E-state index < -0.39 is 0 Å². The Morgan fingerprint density at radius 2 is 2.58 bits per heavy atom. The summed E-state index contributed by atoms with van der Waals surface area (Å²) in [5, 5.41) is 0. The van der Waals surface area contributed by atoms with Crippen molar-refractivity contribution in [2.45, 2.75) is 19.8 Å². The summed E-state index contributed by atoms with van der Waals surface area (Å²) in [5.74, 6) is -0.150. The molecule has 1 heterocycles. The van der Waals surface area contributed by atoms with Crippen LogP contribution in [0.1, 0.15) is 19.8 Å². The zero-order valence-electron chi connectivity index (χ0n) is 7.34. The van der Waals surface area contributed by atoms with Gasteiger partial charge < -0.3 is 9.57 Å². The normalized spacial score (nSPS) is 24.6. The van der Waals surface area contributed by atoms with Crippen molar-refractivity contribution in [3.63, 3.8) is 0 Å². The number of nitrogens with one attached hydrogen (secondary N) is 1. The van der Waals surface area contributed by atoms with Gasteiger partial charge in [0, 0.05) is 6.54 Å². The minimum Gasteiger partial charge on any atom is -0.466 e. The first-order valence-electron chi connectivity index (χ1n) is 4.36. The predicted molar refractivity (Wildman–Crippen MR) is 43.3 cm³/mol. The predicted octanol–water partition coefficient (Wildman–Crippen LogP) is 0.481. The van der Waals surface area contributed by atoms with Crippen molar-refractivity contribution in [3.05, 3.63) is 0 Å². The van der Waals surface area contributed by atoms with Gasteiger partial charge in [0.05, 0.1) is 19.1 Å². The second-order valence-electron chi connectivity index (χ2n) is 2.79. The van der Waals surface area contributed by atoms with Crippen molar-refractivity contribution >= 4 is 5.97 Å². The van der Waals surface area contributed by atoms with Gasteiger partial charge in [-0.2, -0.15) is 0 Å². The molecular weight excluding hydrogens is 158 g/mol. The molecule has 0 aliphatic carbocycles. The number of esters is 1. The van der Waals surface area contributed by atoms with Crippen LogP contribution >= 0.6 is 0 Å². The molecule has 0 amide bonds. The van der Waals surface area contributed by atoms with Gasteiger partial charge in [0.15, 0.2) is 0 Å². The van der Waals surface area contributed by atoms with Crippen molar-refractivity contribution in [1.29, 1.82) is 0 Å². The zero-order chi connectivity index (χ0) is 8.81. The Labute approximate surface area is 72.2 Å². The average molecular weight is 173 g/mol. The van der Waals surface area contributed by atoms with Crippen LogP contribution in [0.2, 0.25) is 0 Å². The van der Waals surface area contributed by atoms with Gasteiger partial charge in [-0.1, -0.05) is 0 Å². The van der Waals surface area contributed by atoms with Crippen molar-refractivity contribution in [3.8, 4) is 0 Å². The number of rotatable bonds is 2. The molecule has 1 fully saturated rings. The molecule has 0 aromatic carbocycles. The highest BCUT2D eigenvalue weighted by Crippen LogP contribution is 2.10. The smallest absolute Gasteiger partial charge is 0.310 e. The molecule has 4 nitrogen and oxygen atoms in total. The molecule has 4 heteroatoms. The minimum atomic E-state index is -0.115. The number of hydrogen-bond acceptors (Lipinski definition) is 4. The van der Waals surface area contributed by atoms with E-state index in [2.05, 4.69) is 5.48 Å². The Morgan fingerprint density at radius 3 is 3.33 bits per heavy atom. The van der Waals surface area contributed by atoms with Gasteiger partial charge in [-0.25, -0.2) is 5.48 Å². The van der Waals surface area contributed by atoms with Crippen LogP contribution in [0.3, 0.4) is 0 Å². The van der Waals surface area contributed by atoms with E-state index in [0.29, 0.717) is 19.8 Å². The first-order chi connectivity index (χ1) is 5.84. The standard InChI is InChI=1S/C8H15NO3/c1-2-11-8(10)7-4-3-5-12-9-6-7/h7,9H,2-6H2,1H3. The summed E-state index contributed by atoms with van der Waals surface area (Å²) >= 11 is 0. The van der Waals surface area contributed by atoms with Gasteiger partial charge in [-0.3, -0.25) is 4.79 Å². The van der Waals surface area contributed by atoms with Crippen molar-refractivity contribution in [2.75, 3.05) is 19.8 Å². The molecule has 12 heavy (non-hydrogen) atoms. The van der Waals surface area contributed by atoms with Crippen LogP contribution in [0, 0.1) is 5.92 Å². The Kier molecular flexibility index (Phi) is 4.04. The van der Waals surface area contributed by atoms with E-state index in [1.54, 1.807) is 0 Å². The lowest BCUT2D eigenvalue weighted by Gasteiger charge is -2.10. The number of hydroxylamine groups is 1. The number of carbonyl (C=O) groups excluding carboxylic acids is 1. The molecule has 0 aromatic heterocycles. The quantitative estimate of drug-likeness (QED) is 0.617. The summed E-state index contributed by atoms with van der Waals surface area (Å²) in [4.78, 5) is 16.2. The second-order valence-corrected chi connectivity index (χ2v) is 2.79. The van der Waals surface area contributed by atoms with E-state index in [1.807, 2.05) is 6.92 Å². The molecule has 1 aliphatic rings. The molecular formula is C8H15NO3. The maximum Gasteiger partial charge on any atom is 0.310 e. The molecule has 0 bridgehead atoms. The van der Waals surface area contributed by atoms with E-state index in [0.717, 1.165) is 12.8 Å². The van der Waals surface area contributed by atoms with E-state index in [4.69, 9.17) is 9.57 Å². The lowest BCUT2D eigenvalue weighted by molar-refractivity contribution is -0.148. The van der Waals surface area contributed by atoms with Crippen molar-refractivity contribution < 1.29 is 14.4 Å². The molecule has 1 aliphatic heterocycles. The summed E-state index contributed by atoms with van der Waals surface area (Å²) in [7, 11) is 0. The summed E-state index contributed by atoms with van der Waals surface area (Å²) in [6.07, 6.45) is 1.77. The Hall–Kier alpha value is -0.610. The van der Waals surface area contributed by atoms with Gasteiger partial charge in [-0.05, 0) is 19.8 Å². The molecule has 1 unspecified atom stereocenters. The van der Waals surface area contributed by atoms with Gasteiger partial charge in [-0.15, -0.1) is 0 Å².